The van der Waals surface area contributed by atoms with Crippen molar-refractivity contribution in [2.24, 2.45) is 0 Å². The number of allylic oxidation sites excluding steroid dienone is 13. The summed E-state index contributed by atoms with van der Waals surface area (Å²) in [5, 5.41) is 23.3. The molecule has 442 valence electrons. The zero-order valence-corrected chi connectivity index (χ0v) is 51.0. The van der Waals surface area contributed by atoms with E-state index in [1.165, 1.54) is 263 Å². The molecule has 2 atom stereocenters. The fourth-order valence-electron chi connectivity index (χ4n) is 10.3. The van der Waals surface area contributed by atoms with Crippen molar-refractivity contribution >= 4 is 5.91 Å². The van der Waals surface area contributed by atoms with Gasteiger partial charge in [0.25, 0.3) is 0 Å². The normalized spacial score (nSPS) is 13.3. The number of nitrogens with one attached hydrogen (secondary N) is 1. The van der Waals surface area contributed by atoms with Crippen LogP contribution in [-0.2, 0) is 4.79 Å². The first-order valence-electron chi connectivity index (χ1n) is 33.8. The van der Waals surface area contributed by atoms with Gasteiger partial charge in [-0.3, -0.25) is 4.79 Å². The molecule has 0 fully saturated rings. The molecule has 0 aromatic heterocycles. The third-order valence-corrected chi connectivity index (χ3v) is 15.4. The first-order valence-corrected chi connectivity index (χ1v) is 33.8. The number of hydrogen-bond donors (Lipinski definition) is 3. The van der Waals surface area contributed by atoms with Crippen LogP contribution in [0.25, 0.3) is 0 Å². The van der Waals surface area contributed by atoms with E-state index < -0.39 is 12.1 Å². The molecule has 0 spiro atoms. The maximum absolute atomic E-state index is 12.5. The second kappa shape index (κ2) is 66.8. The first kappa shape index (κ1) is 73.6. The summed E-state index contributed by atoms with van der Waals surface area (Å²) in [5.74, 6) is -0.0710. The zero-order valence-electron chi connectivity index (χ0n) is 51.0. The number of aliphatic hydroxyl groups is 2. The van der Waals surface area contributed by atoms with Crippen LogP contribution in [0, 0.1) is 0 Å². The van der Waals surface area contributed by atoms with Gasteiger partial charge < -0.3 is 15.5 Å². The zero-order chi connectivity index (χ0) is 54.8. The molecule has 2 unspecified atom stereocenters. The Labute approximate surface area is 475 Å². The molecule has 0 aliphatic carbocycles. The number of hydrogen-bond acceptors (Lipinski definition) is 3. The number of carbonyl (C=O) groups is 1. The molecular weight excluding hydrogens is 927 g/mol. The minimum atomic E-state index is -0.867. The summed E-state index contributed by atoms with van der Waals surface area (Å²) in [7, 11) is 0. The van der Waals surface area contributed by atoms with Gasteiger partial charge in [-0.05, 0) is 77.0 Å². The molecule has 0 aromatic carbocycles. The van der Waals surface area contributed by atoms with Gasteiger partial charge in [0.05, 0.1) is 18.8 Å². The van der Waals surface area contributed by atoms with Crippen LogP contribution in [0.15, 0.2) is 85.1 Å². The topological polar surface area (TPSA) is 69.6 Å². The fraction of sp³-hybridized carbons (Fsp3) is 0.792. The number of amides is 1. The van der Waals surface area contributed by atoms with Gasteiger partial charge in [-0.15, -0.1) is 0 Å². The lowest BCUT2D eigenvalue weighted by molar-refractivity contribution is -0.123. The summed E-state index contributed by atoms with van der Waals surface area (Å²) >= 11 is 0. The Morgan fingerprint density at radius 2 is 0.592 bits per heavy atom. The van der Waals surface area contributed by atoms with Crippen LogP contribution in [0.3, 0.4) is 0 Å². The molecule has 0 aliphatic rings. The van der Waals surface area contributed by atoms with Crippen LogP contribution in [0.2, 0.25) is 0 Å². The molecule has 4 heteroatoms. The van der Waals surface area contributed by atoms with Crippen LogP contribution >= 0.6 is 0 Å². The summed E-state index contributed by atoms with van der Waals surface area (Å²) < 4.78 is 0. The smallest absolute Gasteiger partial charge is 0.220 e. The second-order valence-corrected chi connectivity index (χ2v) is 22.9. The van der Waals surface area contributed by atoms with Gasteiger partial charge in [-0.25, -0.2) is 0 Å². The highest BCUT2D eigenvalue weighted by atomic mass is 16.3. The molecule has 0 aromatic rings. The van der Waals surface area contributed by atoms with Crippen LogP contribution < -0.4 is 5.32 Å². The van der Waals surface area contributed by atoms with E-state index in [2.05, 4.69) is 92.1 Å². The first-order chi connectivity index (χ1) is 37.7. The van der Waals surface area contributed by atoms with E-state index in [1.54, 1.807) is 6.08 Å². The van der Waals surface area contributed by atoms with E-state index in [1.807, 2.05) is 6.08 Å². The van der Waals surface area contributed by atoms with E-state index in [4.69, 9.17) is 0 Å². The Bertz CT molecular complexity index is 1340. The predicted molar refractivity (Wildman–Crippen MR) is 340 cm³/mol. The van der Waals surface area contributed by atoms with Crippen molar-refractivity contribution < 1.29 is 15.0 Å². The Kier molecular flexibility index (Phi) is 64.7. The number of carbonyl (C=O) groups excluding carboxylic acids is 1. The lowest BCUT2D eigenvalue weighted by Crippen LogP contribution is -2.45. The summed E-state index contributed by atoms with van der Waals surface area (Å²) in [4.78, 5) is 12.5. The van der Waals surface area contributed by atoms with Gasteiger partial charge in [0.2, 0.25) is 5.91 Å². The highest BCUT2D eigenvalue weighted by Crippen LogP contribution is 2.18. The Hall–Kier alpha value is -2.43. The largest absolute Gasteiger partial charge is 0.394 e. The third-order valence-electron chi connectivity index (χ3n) is 15.4. The Balaban J connectivity index is 3.49. The lowest BCUT2D eigenvalue weighted by atomic mass is 10.0. The molecule has 76 heavy (non-hydrogen) atoms. The molecule has 4 nitrogen and oxygen atoms in total. The van der Waals surface area contributed by atoms with E-state index >= 15 is 0 Å². The second-order valence-electron chi connectivity index (χ2n) is 22.9. The van der Waals surface area contributed by atoms with Crippen molar-refractivity contribution in [3.05, 3.63) is 85.1 Å². The molecule has 0 saturated carbocycles. The van der Waals surface area contributed by atoms with Crippen LogP contribution in [0.4, 0.5) is 0 Å². The van der Waals surface area contributed by atoms with Crippen molar-refractivity contribution in [1.29, 1.82) is 0 Å². The van der Waals surface area contributed by atoms with Crippen molar-refractivity contribution in [2.75, 3.05) is 6.61 Å². The SMILES string of the molecule is CC/C=C\C/C=C\C/C=C\C/C=C\C/C=C\CCCCCCCCCCCCCCCCCCCC(=O)NC(CO)C(O)/C=C/CC/C=C/CCCCCCCCCCCCCCCCCCCCCCCCCCC. The summed E-state index contributed by atoms with van der Waals surface area (Å²) in [6, 6.07) is -0.644. The maximum atomic E-state index is 12.5. The highest BCUT2D eigenvalue weighted by molar-refractivity contribution is 5.76. The van der Waals surface area contributed by atoms with Gasteiger partial charge in [-0.2, -0.15) is 0 Å². The Morgan fingerprint density at radius 3 is 0.921 bits per heavy atom. The van der Waals surface area contributed by atoms with Gasteiger partial charge in [0.15, 0.2) is 0 Å². The number of unbranched alkanes of at least 4 members (excludes halogenated alkanes) is 43. The quantitative estimate of drug-likeness (QED) is 0.0420. The van der Waals surface area contributed by atoms with Gasteiger partial charge in [-0.1, -0.05) is 349 Å². The molecule has 0 heterocycles. The van der Waals surface area contributed by atoms with Crippen LogP contribution in [-0.4, -0.2) is 34.9 Å². The summed E-state index contributed by atoms with van der Waals surface area (Å²) in [5.41, 5.74) is 0. The van der Waals surface area contributed by atoms with Crippen molar-refractivity contribution in [1.82, 2.24) is 5.32 Å². The number of aliphatic hydroxyl groups excluding tert-OH is 2. The molecular formula is C72H131NO3. The minimum Gasteiger partial charge on any atom is -0.394 e. The van der Waals surface area contributed by atoms with E-state index in [-0.39, 0.29) is 12.5 Å². The van der Waals surface area contributed by atoms with Gasteiger partial charge >= 0.3 is 0 Å². The molecule has 1 amide bonds. The van der Waals surface area contributed by atoms with Crippen molar-refractivity contribution in [3.8, 4) is 0 Å². The maximum Gasteiger partial charge on any atom is 0.220 e. The third kappa shape index (κ3) is 62.4. The number of rotatable bonds is 62. The van der Waals surface area contributed by atoms with Crippen molar-refractivity contribution in [2.45, 2.75) is 360 Å². The van der Waals surface area contributed by atoms with Crippen LogP contribution in [0.5, 0.6) is 0 Å². The molecule has 0 aliphatic heterocycles. The molecule has 3 N–H and O–H groups in total. The lowest BCUT2D eigenvalue weighted by Gasteiger charge is -2.19. The average molecular weight is 1060 g/mol. The van der Waals surface area contributed by atoms with Crippen LogP contribution in [0.1, 0.15) is 348 Å². The molecule has 0 radical (unpaired) electrons. The fourth-order valence-corrected chi connectivity index (χ4v) is 10.3. The van der Waals surface area contributed by atoms with E-state index in [9.17, 15) is 15.0 Å². The van der Waals surface area contributed by atoms with Crippen molar-refractivity contribution in [3.63, 3.8) is 0 Å². The predicted octanol–water partition coefficient (Wildman–Crippen LogP) is 23.0. The van der Waals surface area contributed by atoms with Gasteiger partial charge in [0, 0.05) is 6.42 Å². The van der Waals surface area contributed by atoms with E-state index in [0.29, 0.717) is 6.42 Å². The van der Waals surface area contributed by atoms with Gasteiger partial charge in [0.1, 0.15) is 0 Å². The standard InChI is InChI=1S/C72H131NO3/c1-3-5-7-9-11-13-15-17-19-21-23-25-27-29-31-33-35-36-38-40-42-44-46-48-50-52-54-56-58-60-62-64-66-68-72(76)73-70(69-74)71(75)67-65-63-61-59-57-55-53-51-49-47-45-43-41-39-37-34-32-30-28-26-24-22-20-18-16-14-12-10-8-6-4-2/h5,7,11,13,17,19,23,25,29,31,57,59,65,67,70-71,74-75H,3-4,6,8-10,12,14-16,18,20-22,24,26-28,30,32-56,58,60-64,66,68-69H2,1-2H3,(H,73,76)/b7-5-,13-11-,19-17-,25-23-,31-29-,59-57+,67-65+. The molecule has 0 rings (SSSR count). The monoisotopic (exact) mass is 1060 g/mol. The minimum absolute atomic E-state index is 0.0710. The summed E-state index contributed by atoms with van der Waals surface area (Å²) in [6.45, 7) is 4.22. The molecule has 0 bridgehead atoms. The average Bonchev–Trinajstić information content (AvgIpc) is 3.42. The summed E-state index contributed by atoms with van der Waals surface area (Å²) in [6.07, 6.45) is 98.0. The van der Waals surface area contributed by atoms with E-state index in [0.717, 1.165) is 64.2 Å². The highest BCUT2D eigenvalue weighted by Gasteiger charge is 2.18. The molecule has 0 saturated heterocycles. The Morgan fingerprint density at radius 1 is 0.329 bits per heavy atom.